The van der Waals surface area contributed by atoms with Gasteiger partial charge in [-0.05, 0) is 42.8 Å². The molecule has 4 nitrogen and oxygen atoms in total. The Balaban J connectivity index is 1.96. The van der Waals surface area contributed by atoms with E-state index in [1.807, 2.05) is 6.92 Å². The lowest BCUT2D eigenvalue weighted by molar-refractivity contribution is -0.119. The van der Waals surface area contributed by atoms with Crippen molar-refractivity contribution in [3.8, 4) is 0 Å². The first kappa shape index (κ1) is 17.6. The molecule has 2 aromatic rings. The monoisotopic (exact) mass is 371 g/mol. The fourth-order valence-electron chi connectivity index (χ4n) is 1.78. The number of halogens is 3. The molecule has 1 N–H and O–H groups in total. The van der Waals surface area contributed by atoms with Crippen LogP contribution in [0.25, 0.3) is 0 Å². The van der Waals surface area contributed by atoms with Crippen molar-refractivity contribution < 1.29 is 14.3 Å². The number of carbonyl (C=O) groups excluding carboxylic acids is 2. The molecular formula is C16H12Cl3NO3. The lowest BCUT2D eigenvalue weighted by atomic mass is 10.2. The van der Waals surface area contributed by atoms with Crippen LogP contribution < -0.4 is 5.32 Å². The minimum atomic E-state index is -0.704. The first-order valence-electron chi connectivity index (χ1n) is 6.55. The Morgan fingerprint density at radius 3 is 2.39 bits per heavy atom. The van der Waals surface area contributed by atoms with E-state index in [4.69, 9.17) is 39.5 Å². The van der Waals surface area contributed by atoms with E-state index in [0.29, 0.717) is 15.7 Å². The van der Waals surface area contributed by atoms with Gasteiger partial charge in [-0.1, -0.05) is 40.9 Å². The Morgan fingerprint density at radius 2 is 1.70 bits per heavy atom. The molecule has 2 aromatic carbocycles. The number of esters is 1. The number of nitrogens with one attached hydrogen (secondary N) is 1. The fraction of sp³-hybridized carbons (Fsp3) is 0.125. The fourth-order valence-corrected chi connectivity index (χ4v) is 2.44. The number of amides is 1. The van der Waals surface area contributed by atoms with E-state index in [1.54, 1.807) is 18.2 Å². The summed E-state index contributed by atoms with van der Waals surface area (Å²) in [6, 6.07) is 9.49. The third-order valence-corrected chi connectivity index (χ3v) is 3.74. The predicted octanol–water partition coefficient (Wildman–Crippen LogP) is 4.75. The third kappa shape index (κ3) is 4.86. The van der Waals surface area contributed by atoms with Crippen molar-refractivity contribution in [2.24, 2.45) is 0 Å². The molecule has 0 heterocycles. The summed E-state index contributed by atoms with van der Waals surface area (Å²) in [7, 11) is 0. The smallest absolute Gasteiger partial charge is 0.340 e. The lowest BCUT2D eigenvalue weighted by Gasteiger charge is -2.10. The highest BCUT2D eigenvalue weighted by Gasteiger charge is 2.14. The van der Waals surface area contributed by atoms with Crippen LogP contribution in [-0.2, 0) is 9.53 Å². The van der Waals surface area contributed by atoms with Gasteiger partial charge in [-0.2, -0.15) is 0 Å². The zero-order chi connectivity index (χ0) is 17.0. The summed E-state index contributed by atoms with van der Waals surface area (Å²) >= 11 is 17.5. The Morgan fingerprint density at radius 1 is 1.04 bits per heavy atom. The minimum absolute atomic E-state index is 0.141. The molecule has 0 aliphatic heterocycles. The van der Waals surface area contributed by atoms with Crippen LogP contribution in [0.4, 0.5) is 5.69 Å². The molecule has 0 aliphatic rings. The third-order valence-electron chi connectivity index (χ3n) is 2.96. The van der Waals surface area contributed by atoms with Crippen molar-refractivity contribution in [2.75, 3.05) is 11.9 Å². The molecule has 0 bridgehead atoms. The van der Waals surface area contributed by atoms with Crippen LogP contribution in [0, 0.1) is 6.92 Å². The molecule has 23 heavy (non-hydrogen) atoms. The number of aryl methyl sites for hydroxylation is 1. The van der Waals surface area contributed by atoms with Gasteiger partial charge in [-0.25, -0.2) is 4.79 Å². The van der Waals surface area contributed by atoms with Crippen molar-refractivity contribution in [2.45, 2.75) is 6.92 Å². The summed E-state index contributed by atoms with van der Waals surface area (Å²) in [4.78, 5) is 23.8. The molecule has 0 aliphatic carbocycles. The number of rotatable bonds is 4. The van der Waals surface area contributed by atoms with Gasteiger partial charge in [0, 0.05) is 15.7 Å². The average Bonchev–Trinajstić information content (AvgIpc) is 2.48. The van der Waals surface area contributed by atoms with Crippen LogP contribution in [0.1, 0.15) is 15.9 Å². The molecule has 0 atom stereocenters. The second-order valence-electron chi connectivity index (χ2n) is 4.71. The number of anilines is 1. The maximum Gasteiger partial charge on any atom is 0.340 e. The molecule has 7 heteroatoms. The molecule has 0 radical (unpaired) electrons. The number of benzene rings is 2. The standard InChI is InChI=1S/C16H12Cl3NO3/c1-9-2-3-11(18)7-14(9)20-15(21)8-23-16(22)12-5-4-10(17)6-13(12)19/h2-7H,8H2,1H3,(H,20,21). The molecule has 0 unspecified atom stereocenters. The average molecular weight is 373 g/mol. The first-order valence-corrected chi connectivity index (χ1v) is 7.68. The number of ether oxygens (including phenoxy) is 1. The van der Waals surface area contributed by atoms with E-state index in [-0.39, 0.29) is 10.6 Å². The largest absolute Gasteiger partial charge is 0.452 e. The highest BCUT2D eigenvalue weighted by molar-refractivity contribution is 6.36. The SMILES string of the molecule is Cc1ccc(Cl)cc1NC(=O)COC(=O)c1ccc(Cl)cc1Cl. The topological polar surface area (TPSA) is 55.4 Å². The quantitative estimate of drug-likeness (QED) is 0.788. The Bertz CT molecular complexity index is 762. The van der Waals surface area contributed by atoms with E-state index in [2.05, 4.69) is 5.32 Å². The summed E-state index contributed by atoms with van der Waals surface area (Å²) < 4.78 is 4.94. The molecule has 0 aromatic heterocycles. The van der Waals surface area contributed by atoms with Crippen LogP contribution in [-0.4, -0.2) is 18.5 Å². The highest BCUT2D eigenvalue weighted by Crippen LogP contribution is 2.22. The molecule has 0 saturated heterocycles. The summed E-state index contributed by atoms with van der Waals surface area (Å²) in [5.74, 6) is -1.18. The normalized spacial score (nSPS) is 10.3. The van der Waals surface area contributed by atoms with Crippen LogP contribution in [0.5, 0.6) is 0 Å². The van der Waals surface area contributed by atoms with Crippen LogP contribution in [0.2, 0.25) is 15.1 Å². The Hall–Kier alpha value is -1.75. The van der Waals surface area contributed by atoms with Crippen molar-refractivity contribution in [3.63, 3.8) is 0 Å². The van der Waals surface area contributed by atoms with Crippen molar-refractivity contribution in [1.82, 2.24) is 0 Å². The predicted molar refractivity (Wildman–Crippen MR) is 91.6 cm³/mol. The van der Waals surface area contributed by atoms with Crippen molar-refractivity contribution >= 4 is 52.4 Å². The van der Waals surface area contributed by atoms with E-state index >= 15 is 0 Å². The maximum atomic E-state index is 11.9. The van der Waals surface area contributed by atoms with Crippen LogP contribution >= 0.6 is 34.8 Å². The van der Waals surface area contributed by atoms with E-state index in [0.717, 1.165) is 5.56 Å². The van der Waals surface area contributed by atoms with Gasteiger partial charge in [0.2, 0.25) is 0 Å². The van der Waals surface area contributed by atoms with Crippen LogP contribution in [0.3, 0.4) is 0 Å². The van der Waals surface area contributed by atoms with E-state index in [9.17, 15) is 9.59 Å². The van der Waals surface area contributed by atoms with Gasteiger partial charge in [0.25, 0.3) is 5.91 Å². The minimum Gasteiger partial charge on any atom is -0.452 e. The van der Waals surface area contributed by atoms with Gasteiger partial charge in [0.05, 0.1) is 10.6 Å². The first-order chi connectivity index (χ1) is 10.9. The molecule has 120 valence electrons. The second kappa shape index (κ2) is 7.68. The summed E-state index contributed by atoms with van der Waals surface area (Å²) in [5.41, 5.74) is 1.54. The number of carbonyl (C=O) groups is 2. The Labute approximate surface area is 148 Å². The van der Waals surface area contributed by atoms with Gasteiger partial charge < -0.3 is 10.1 Å². The van der Waals surface area contributed by atoms with Gasteiger partial charge in [0.15, 0.2) is 6.61 Å². The molecule has 1 amide bonds. The van der Waals surface area contributed by atoms with Gasteiger partial charge >= 0.3 is 5.97 Å². The molecule has 0 spiro atoms. The van der Waals surface area contributed by atoms with Crippen molar-refractivity contribution in [1.29, 1.82) is 0 Å². The zero-order valence-corrected chi connectivity index (χ0v) is 14.3. The number of hydrogen-bond acceptors (Lipinski definition) is 3. The van der Waals surface area contributed by atoms with Gasteiger partial charge in [-0.15, -0.1) is 0 Å². The van der Waals surface area contributed by atoms with E-state index in [1.165, 1.54) is 18.2 Å². The van der Waals surface area contributed by atoms with Gasteiger partial charge in [-0.3, -0.25) is 4.79 Å². The summed E-state index contributed by atoms with van der Waals surface area (Å²) in [6.07, 6.45) is 0. The van der Waals surface area contributed by atoms with Crippen molar-refractivity contribution in [3.05, 3.63) is 62.6 Å². The zero-order valence-electron chi connectivity index (χ0n) is 12.0. The second-order valence-corrected chi connectivity index (χ2v) is 5.99. The molecular weight excluding hydrogens is 361 g/mol. The summed E-state index contributed by atoms with van der Waals surface area (Å²) in [6.45, 7) is 1.38. The van der Waals surface area contributed by atoms with Gasteiger partial charge in [0.1, 0.15) is 0 Å². The Kier molecular flexibility index (Phi) is 5.88. The number of hydrogen-bond donors (Lipinski definition) is 1. The molecule has 2 rings (SSSR count). The molecule has 0 fully saturated rings. The maximum absolute atomic E-state index is 11.9. The summed E-state index contributed by atoms with van der Waals surface area (Å²) in [5, 5.41) is 3.69. The highest BCUT2D eigenvalue weighted by atomic mass is 35.5. The van der Waals surface area contributed by atoms with E-state index < -0.39 is 18.5 Å². The molecule has 0 saturated carbocycles. The lowest BCUT2D eigenvalue weighted by Crippen LogP contribution is -2.21. The van der Waals surface area contributed by atoms with Crippen LogP contribution in [0.15, 0.2) is 36.4 Å².